The molecule has 1 aromatic carbocycles. The summed E-state index contributed by atoms with van der Waals surface area (Å²) >= 11 is 0. The van der Waals surface area contributed by atoms with Crippen LogP contribution in [0.25, 0.3) is 0 Å². The van der Waals surface area contributed by atoms with Gasteiger partial charge in [-0.25, -0.2) is 13.2 Å². The van der Waals surface area contributed by atoms with E-state index in [2.05, 4.69) is 15.5 Å². The lowest BCUT2D eigenvalue weighted by Crippen LogP contribution is -2.58. The number of likely N-dealkylation sites (tertiary alicyclic amines) is 1. The number of hydrogen-bond acceptors (Lipinski definition) is 6. The zero-order chi connectivity index (χ0) is 23.8. The van der Waals surface area contributed by atoms with Crippen LogP contribution >= 0.6 is 0 Å². The lowest BCUT2D eigenvalue weighted by molar-refractivity contribution is -0.115. The van der Waals surface area contributed by atoms with Crippen molar-refractivity contribution in [3.63, 3.8) is 0 Å². The SMILES string of the molecule is CC1(C)CCN1C(=O)O[C@H]1CC[C@@H](c2cc(NC(=O)Cc3ccccc3S(C)(=O)=O)n[nH]2)C1. The van der Waals surface area contributed by atoms with E-state index in [1.54, 1.807) is 29.2 Å². The van der Waals surface area contributed by atoms with E-state index >= 15 is 0 Å². The number of aromatic amines is 1. The van der Waals surface area contributed by atoms with Gasteiger partial charge in [0, 0.05) is 36.0 Å². The van der Waals surface area contributed by atoms with Gasteiger partial charge in [0.2, 0.25) is 5.91 Å². The number of hydrogen-bond donors (Lipinski definition) is 2. The van der Waals surface area contributed by atoms with Gasteiger partial charge in [0.1, 0.15) is 6.10 Å². The molecular weight excluding hydrogens is 444 g/mol. The van der Waals surface area contributed by atoms with Crippen molar-refractivity contribution in [3.05, 3.63) is 41.6 Å². The van der Waals surface area contributed by atoms with Gasteiger partial charge in [-0.05, 0) is 51.2 Å². The van der Waals surface area contributed by atoms with Gasteiger partial charge in [0.15, 0.2) is 15.7 Å². The fraction of sp³-hybridized carbons (Fsp3) is 0.522. The molecule has 33 heavy (non-hydrogen) atoms. The fourth-order valence-corrected chi connectivity index (χ4v) is 5.47. The number of ether oxygens (including phenoxy) is 1. The zero-order valence-corrected chi connectivity index (χ0v) is 19.9. The summed E-state index contributed by atoms with van der Waals surface area (Å²) in [5, 5.41) is 9.88. The van der Waals surface area contributed by atoms with Crippen LogP contribution in [0.15, 0.2) is 35.2 Å². The smallest absolute Gasteiger partial charge is 0.410 e. The van der Waals surface area contributed by atoms with Crippen molar-refractivity contribution in [2.24, 2.45) is 0 Å². The number of amides is 2. The van der Waals surface area contributed by atoms with E-state index in [1.807, 2.05) is 13.8 Å². The Kier molecular flexibility index (Phi) is 6.22. The molecule has 2 heterocycles. The van der Waals surface area contributed by atoms with E-state index in [-0.39, 0.29) is 40.9 Å². The van der Waals surface area contributed by atoms with Gasteiger partial charge >= 0.3 is 6.09 Å². The van der Waals surface area contributed by atoms with Crippen LogP contribution in [0.3, 0.4) is 0 Å². The predicted molar refractivity (Wildman–Crippen MR) is 123 cm³/mol. The maximum absolute atomic E-state index is 12.5. The van der Waals surface area contributed by atoms with Gasteiger partial charge in [0.05, 0.1) is 11.3 Å². The van der Waals surface area contributed by atoms with E-state index in [1.165, 1.54) is 6.07 Å². The summed E-state index contributed by atoms with van der Waals surface area (Å²) in [6, 6.07) is 8.25. The highest BCUT2D eigenvalue weighted by Gasteiger charge is 2.42. The number of aromatic nitrogens is 2. The van der Waals surface area contributed by atoms with Gasteiger partial charge in [-0.1, -0.05) is 18.2 Å². The molecule has 1 saturated heterocycles. The second-order valence-electron chi connectivity index (χ2n) is 9.54. The largest absolute Gasteiger partial charge is 0.446 e. The minimum Gasteiger partial charge on any atom is -0.446 e. The molecule has 4 rings (SSSR count). The molecule has 9 nitrogen and oxygen atoms in total. The zero-order valence-electron chi connectivity index (χ0n) is 19.1. The number of carbonyl (C=O) groups is 2. The second-order valence-corrected chi connectivity index (χ2v) is 11.5. The standard InChI is InChI=1S/C23H30N4O5S/c1-23(2)10-11-27(23)22(29)32-17-9-8-15(12-17)18-14-20(26-25-18)24-21(28)13-16-6-4-5-7-19(16)33(3,30)31/h4-7,14-15,17H,8-13H2,1-3H3,(H2,24,25,26,28)/t15-,17+/m1/s1. The number of anilines is 1. The molecule has 0 radical (unpaired) electrons. The first-order valence-electron chi connectivity index (χ1n) is 11.1. The third-order valence-corrected chi connectivity index (χ3v) is 7.78. The van der Waals surface area contributed by atoms with Crippen LogP contribution in [0, 0.1) is 0 Å². The molecule has 1 aromatic heterocycles. The minimum absolute atomic E-state index is 0.0697. The molecule has 0 bridgehead atoms. The Morgan fingerprint density at radius 2 is 2.03 bits per heavy atom. The minimum atomic E-state index is -3.42. The highest BCUT2D eigenvalue weighted by molar-refractivity contribution is 7.90. The Bertz CT molecular complexity index is 1160. The van der Waals surface area contributed by atoms with E-state index < -0.39 is 9.84 Å². The Labute approximate surface area is 193 Å². The molecule has 2 fully saturated rings. The quantitative estimate of drug-likeness (QED) is 0.663. The Hall–Kier alpha value is -2.88. The first kappa shape index (κ1) is 23.3. The van der Waals surface area contributed by atoms with Crippen LogP contribution in [0.4, 0.5) is 10.6 Å². The Morgan fingerprint density at radius 3 is 2.70 bits per heavy atom. The molecule has 0 spiro atoms. The van der Waals surface area contributed by atoms with Crippen LogP contribution in [-0.4, -0.2) is 60.0 Å². The second kappa shape index (κ2) is 8.81. The number of rotatable bonds is 6. The number of sulfone groups is 1. The number of benzene rings is 1. The van der Waals surface area contributed by atoms with Crippen molar-refractivity contribution in [2.45, 2.75) is 68.4 Å². The Morgan fingerprint density at radius 1 is 1.27 bits per heavy atom. The van der Waals surface area contributed by atoms with Crippen LogP contribution in [0.1, 0.15) is 56.7 Å². The summed E-state index contributed by atoms with van der Waals surface area (Å²) in [6.07, 6.45) is 4.01. The van der Waals surface area contributed by atoms with Gasteiger partial charge < -0.3 is 15.0 Å². The summed E-state index contributed by atoms with van der Waals surface area (Å²) in [6.45, 7) is 4.81. The maximum Gasteiger partial charge on any atom is 0.410 e. The van der Waals surface area contributed by atoms with Crippen molar-refractivity contribution < 1.29 is 22.7 Å². The molecule has 0 unspecified atom stereocenters. The molecule has 2 aromatic rings. The maximum atomic E-state index is 12.5. The van der Waals surface area contributed by atoms with E-state index in [0.29, 0.717) is 17.8 Å². The van der Waals surface area contributed by atoms with E-state index in [0.717, 1.165) is 37.8 Å². The Balaban J connectivity index is 1.32. The monoisotopic (exact) mass is 474 g/mol. The fourth-order valence-electron chi connectivity index (χ4n) is 4.53. The molecule has 178 valence electrons. The summed E-state index contributed by atoms with van der Waals surface area (Å²) < 4.78 is 29.6. The average Bonchev–Trinajstić information content (AvgIpc) is 3.36. The van der Waals surface area contributed by atoms with Crippen LogP contribution < -0.4 is 5.32 Å². The summed E-state index contributed by atoms with van der Waals surface area (Å²) in [5.41, 5.74) is 1.19. The van der Waals surface area contributed by atoms with Gasteiger partial charge in [-0.15, -0.1) is 0 Å². The molecule has 2 amide bonds. The van der Waals surface area contributed by atoms with Crippen LogP contribution in [0.2, 0.25) is 0 Å². The molecule has 1 aliphatic heterocycles. The highest BCUT2D eigenvalue weighted by atomic mass is 32.2. The first-order chi connectivity index (χ1) is 15.5. The molecule has 1 saturated carbocycles. The van der Waals surface area contributed by atoms with Gasteiger partial charge in [-0.3, -0.25) is 9.89 Å². The normalized spacial score (nSPS) is 22.0. The van der Waals surface area contributed by atoms with Crippen molar-refractivity contribution in [3.8, 4) is 0 Å². The van der Waals surface area contributed by atoms with E-state index in [4.69, 9.17) is 4.74 Å². The molecule has 2 atom stereocenters. The van der Waals surface area contributed by atoms with Crippen molar-refractivity contribution in [2.75, 3.05) is 18.1 Å². The van der Waals surface area contributed by atoms with Gasteiger partial charge in [-0.2, -0.15) is 5.10 Å². The molecular formula is C23H30N4O5S. The van der Waals surface area contributed by atoms with Gasteiger partial charge in [0.25, 0.3) is 0 Å². The topological polar surface area (TPSA) is 121 Å². The lowest BCUT2D eigenvalue weighted by atomic mass is 9.90. The van der Waals surface area contributed by atoms with Crippen molar-refractivity contribution in [1.29, 1.82) is 0 Å². The molecule has 10 heteroatoms. The molecule has 2 aliphatic rings. The first-order valence-corrected chi connectivity index (χ1v) is 13.0. The van der Waals surface area contributed by atoms with E-state index in [9.17, 15) is 18.0 Å². The number of nitrogens with one attached hydrogen (secondary N) is 2. The molecule has 1 aliphatic carbocycles. The third-order valence-electron chi connectivity index (χ3n) is 6.58. The van der Waals surface area contributed by atoms with Crippen LogP contribution in [-0.2, 0) is 25.8 Å². The predicted octanol–water partition coefficient (Wildman–Crippen LogP) is 3.25. The highest BCUT2D eigenvalue weighted by Crippen LogP contribution is 2.37. The molecule has 2 N–H and O–H groups in total. The van der Waals surface area contributed by atoms with Crippen molar-refractivity contribution >= 4 is 27.7 Å². The lowest BCUT2D eigenvalue weighted by Gasteiger charge is -2.47. The van der Waals surface area contributed by atoms with Crippen LogP contribution in [0.5, 0.6) is 0 Å². The number of H-pyrrole nitrogens is 1. The third kappa shape index (κ3) is 5.21. The van der Waals surface area contributed by atoms with Crippen molar-refractivity contribution in [1.82, 2.24) is 15.1 Å². The summed E-state index contributed by atoms with van der Waals surface area (Å²) in [4.78, 5) is 26.8. The average molecular weight is 475 g/mol. The number of carbonyl (C=O) groups excluding carboxylic acids is 2. The number of nitrogens with zero attached hydrogens (tertiary/aromatic N) is 2. The summed E-state index contributed by atoms with van der Waals surface area (Å²) in [7, 11) is -3.42. The summed E-state index contributed by atoms with van der Waals surface area (Å²) in [5.74, 6) is 0.200.